The van der Waals surface area contributed by atoms with Crippen LogP contribution in [0.2, 0.25) is 0 Å². The summed E-state index contributed by atoms with van der Waals surface area (Å²) in [4.78, 5) is 36.3. The number of carbonyl (C=O) groups excluding carboxylic acids is 1. The van der Waals surface area contributed by atoms with E-state index in [2.05, 4.69) is 0 Å². The topological polar surface area (TPSA) is 91.7 Å². The molecule has 4 atom stereocenters. The Labute approximate surface area is 137 Å². The van der Waals surface area contributed by atoms with Gasteiger partial charge in [-0.05, 0) is 11.1 Å². The Morgan fingerprint density at radius 2 is 1.08 bits per heavy atom. The third-order valence-electron chi connectivity index (χ3n) is 5.25. The molecule has 0 bridgehead atoms. The van der Waals surface area contributed by atoms with Gasteiger partial charge in [-0.2, -0.15) is 0 Å². The molecule has 2 aliphatic carbocycles. The largest absolute Gasteiger partial charge is 0.481 e. The van der Waals surface area contributed by atoms with Gasteiger partial charge in [0.1, 0.15) is 0 Å². The molecule has 1 fully saturated rings. The van der Waals surface area contributed by atoms with Crippen molar-refractivity contribution in [2.24, 2.45) is 11.8 Å². The number of carboxylic acids is 2. The van der Waals surface area contributed by atoms with E-state index in [1.165, 1.54) is 0 Å². The first-order valence-electron chi connectivity index (χ1n) is 7.70. The SMILES string of the molecule is O=C1c2ccccc2C2C(C(=O)O)C(C(=O)O)C2c2ccccc21. The lowest BCUT2D eigenvalue weighted by Gasteiger charge is -2.48. The van der Waals surface area contributed by atoms with Crippen LogP contribution < -0.4 is 0 Å². The predicted molar refractivity (Wildman–Crippen MR) is 84.1 cm³/mol. The maximum absolute atomic E-state index is 12.9. The number of hydrogen-bond donors (Lipinski definition) is 2. The number of hydrogen-bond acceptors (Lipinski definition) is 3. The molecular weight excluding hydrogens is 308 g/mol. The van der Waals surface area contributed by atoms with Gasteiger partial charge in [-0.1, -0.05) is 48.5 Å². The molecule has 0 heterocycles. The van der Waals surface area contributed by atoms with E-state index in [-0.39, 0.29) is 5.78 Å². The molecule has 24 heavy (non-hydrogen) atoms. The van der Waals surface area contributed by atoms with Crippen LogP contribution in [0, 0.1) is 11.8 Å². The van der Waals surface area contributed by atoms with Gasteiger partial charge in [-0.15, -0.1) is 0 Å². The van der Waals surface area contributed by atoms with Crippen molar-refractivity contribution in [2.75, 3.05) is 0 Å². The summed E-state index contributed by atoms with van der Waals surface area (Å²) in [6, 6.07) is 13.8. The monoisotopic (exact) mass is 322 g/mol. The summed E-state index contributed by atoms with van der Waals surface area (Å²) < 4.78 is 0. The number of carbonyl (C=O) groups is 3. The first-order chi connectivity index (χ1) is 11.5. The zero-order valence-corrected chi connectivity index (χ0v) is 12.5. The molecule has 2 aliphatic rings. The van der Waals surface area contributed by atoms with Crippen LogP contribution in [0.1, 0.15) is 38.9 Å². The van der Waals surface area contributed by atoms with Gasteiger partial charge in [-0.3, -0.25) is 14.4 Å². The molecule has 2 N–H and O–H groups in total. The Kier molecular flexibility index (Phi) is 3.06. The van der Waals surface area contributed by atoms with E-state index in [1.54, 1.807) is 48.5 Å². The molecule has 2 aromatic carbocycles. The Morgan fingerprint density at radius 1 is 0.708 bits per heavy atom. The summed E-state index contributed by atoms with van der Waals surface area (Å²) in [5.41, 5.74) is 2.20. The molecule has 0 amide bonds. The Morgan fingerprint density at radius 3 is 1.46 bits per heavy atom. The van der Waals surface area contributed by atoms with E-state index < -0.39 is 35.6 Å². The lowest BCUT2D eigenvalue weighted by Crippen LogP contribution is -2.51. The van der Waals surface area contributed by atoms with Crippen molar-refractivity contribution in [3.05, 3.63) is 70.8 Å². The second-order valence-electron chi connectivity index (χ2n) is 6.28. The average Bonchev–Trinajstić information content (AvgIpc) is 2.60. The molecule has 0 aromatic heterocycles. The van der Waals surface area contributed by atoms with Crippen LogP contribution in [0.3, 0.4) is 0 Å². The lowest BCUT2D eigenvalue weighted by atomic mass is 9.52. The van der Waals surface area contributed by atoms with Crippen molar-refractivity contribution in [1.82, 2.24) is 0 Å². The molecule has 5 nitrogen and oxygen atoms in total. The zero-order valence-electron chi connectivity index (χ0n) is 12.5. The molecule has 4 rings (SSSR count). The second-order valence-corrected chi connectivity index (χ2v) is 6.28. The molecule has 2 aromatic rings. The summed E-state index contributed by atoms with van der Waals surface area (Å²) in [5.74, 6) is -5.53. The highest BCUT2D eigenvalue weighted by Gasteiger charge is 2.60. The Hall–Kier alpha value is -2.95. The maximum atomic E-state index is 12.9. The third kappa shape index (κ3) is 1.78. The molecule has 120 valence electrons. The van der Waals surface area contributed by atoms with Crippen molar-refractivity contribution in [3.8, 4) is 0 Å². The zero-order chi connectivity index (χ0) is 17.0. The lowest BCUT2D eigenvalue weighted by molar-refractivity contribution is -0.164. The van der Waals surface area contributed by atoms with Crippen LogP contribution >= 0.6 is 0 Å². The molecular formula is C19H14O5. The number of fused-ring (bicyclic) bond motifs is 5. The summed E-state index contributed by atoms with van der Waals surface area (Å²) in [6.45, 7) is 0. The minimum absolute atomic E-state index is 0.177. The van der Waals surface area contributed by atoms with E-state index in [0.29, 0.717) is 22.3 Å². The van der Waals surface area contributed by atoms with Crippen LogP contribution in [0.25, 0.3) is 0 Å². The fourth-order valence-electron chi connectivity index (χ4n) is 4.27. The minimum atomic E-state index is -1.13. The maximum Gasteiger partial charge on any atom is 0.308 e. The normalized spacial score (nSPS) is 27.1. The van der Waals surface area contributed by atoms with Crippen LogP contribution in [0.5, 0.6) is 0 Å². The fraction of sp³-hybridized carbons (Fsp3) is 0.211. The van der Waals surface area contributed by atoms with Gasteiger partial charge in [0.25, 0.3) is 0 Å². The molecule has 0 aliphatic heterocycles. The number of aliphatic carboxylic acids is 2. The van der Waals surface area contributed by atoms with Gasteiger partial charge in [0.05, 0.1) is 11.8 Å². The first-order valence-corrected chi connectivity index (χ1v) is 7.70. The van der Waals surface area contributed by atoms with Gasteiger partial charge in [0, 0.05) is 23.0 Å². The van der Waals surface area contributed by atoms with Crippen LogP contribution in [-0.2, 0) is 9.59 Å². The van der Waals surface area contributed by atoms with E-state index >= 15 is 0 Å². The summed E-state index contributed by atoms with van der Waals surface area (Å²) in [6.07, 6.45) is 0. The molecule has 5 heteroatoms. The summed E-state index contributed by atoms with van der Waals surface area (Å²) in [5, 5.41) is 19.1. The Bertz CT molecular complexity index is 813. The van der Waals surface area contributed by atoms with Crippen molar-refractivity contribution in [2.45, 2.75) is 11.8 Å². The number of benzene rings is 2. The van der Waals surface area contributed by atoms with Crippen LogP contribution in [0.4, 0.5) is 0 Å². The second kappa shape index (κ2) is 5.03. The van der Waals surface area contributed by atoms with E-state index in [1.807, 2.05) is 0 Å². The van der Waals surface area contributed by atoms with Gasteiger partial charge in [-0.25, -0.2) is 0 Å². The van der Waals surface area contributed by atoms with E-state index in [4.69, 9.17) is 0 Å². The van der Waals surface area contributed by atoms with E-state index in [0.717, 1.165) is 0 Å². The van der Waals surface area contributed by atoms with Gasteiger partial charge in [0.2, 0.25) is 0 Å². The van der Waals surface area contributed by atoms with Gasteiger partial charge < -0.3 is 10.2 Å². The highest BCUT2D eigenvalue weighted by Crippen LogP contribution is 2.60. The van der Waals surface area contributed by atoms with Crippen molar-refractivity contribution in [3.63, 3.8) is 0 Å². The molecule has 0 radical (unpaired) electrons. The quantitative estimate of drug-likeness (QED) is 0.886. The predicted octanol–water partition coefficient (Wildman–Crippen LogP) is 2.51. The fourth-order valence-corrected chi connectivity index (χ4v) is 4.27. The number of rotatable bonds is 2. The van der Waals surface area contributed by atoms with Crippen LogP contribution in [0.15, 0.2) is 48.5 Å². The number of carboxylic acid groups (broad SMARTS) is 2. The highest BCUT2D eigenvalue weighted by molar-refractivity contribution is 6.12. The van der Waals surface area contributed by atoms with Crippen molar-refractivity contribution < 1.29 is 24.6 Å². The third-order valence-corrected chi connectivity index (χ3v) is 5.25. The molecule has 0 saturated heterocycles. The molecule has 4 unspecified atom stereocenters. The summed E-state index contributed by atoms with van der Waals surface area (Å²) >= 11 is 0. The van der Waals surface area contributed by atoms with Crippen LogP contribution in [-0.4, -0.2) is 27.9 Å². The number of ketones is 1. The first kappa shape index (κ1) is 14.6. The minimum Gasteiger partial charge on any atom is -0.481 e. The van der Waals surface area contributed by atoms with Gasteiger partial charge >= 0.3 is 11.9 Å². The standard InChI is InChI=1S/C19H14O5/c20-17-11-7-3-1-5-9(11)13-14(10-6-2-4-8-12(10)17)16(19(23)24)15(13)18(21)22/h1-8,13-16H,(H,21,22)(H,23,24). The average molecular weight is 322 g/mol. The molecule has 1 saturated carbocycles. The van der Waals surface area contributed by atoms with E-state index in [9.17, 15) is 24.6 Å². The smallest absolute Gasteiger partial charge is 0.308 e. The van der Waals surface area contributed by atoms with Crippen molar-refractivity contribution >= 4 is 17.7 Å². The highest BCUT2D eigenvalue weighted by atomic mass is 16.4. The molecule has 0 spiro atoms. The summed E-state index contributed by atoms with van der Waals surface area (Å²) in [7, 11) is 0. The van der Waals surface area contributed by atoms with Gasteiger partial charge in [0.15, 0.2) is 5.78 Å². The Balaban J connectivity index is 2.01. The van der Waals surface area contributed by atoms with Crippen molar-refractivity contribution in [1.29, 1.82) is 0 Å².